The van der Waals surface area contributed by atoms with Crippen molar-refractivity contribution in [2.75, 3.05) is 19.6 Å². The van der Waals surface area contributed by atoms with Crippen LogP contribution in [0.15, 0.2) is 18.2 Å². The molecule has 0 aromatic heterocycles. The Morgan fingerprint density at radius 2 is 2.11 bits per heavy atom. The zero-order valence-corrected chi connectivity index (χ0v) is 12.0. The van der Waals surface area contributed by atoms with Gasteiger partial charge in [0.15, 0.2) is 0 Å². The summed E-state index contributed by atoms with van der Waals surface area (Å²) in [5, 5.41) is 4.03. The molecule has 0 saturated carbocycles. The number of hydrogen-bond donors (Lipinski definition) is 1. The minimum absolute atomic E-state index is 0.0611. The van der Waals surface area contributed by atoms with E-state index in [-0.39, 0.29) is 11.4 Å². The molecule has 1 aromatic rings. The third-order valence-electron chi connectivity index (χ3n) is 3.23. The molecule has 0 radical (unpaired) electrons. The fraction of sp³-hybridized carbons (Fsp3) is 0.462. The fourth-order valence-electron chi connectivity index (χ4n) is 2.17. The van der Waals surface area contributed by atoms with Crippen LogP contribution in [0.2, 0.25) is 10.0 Å². The molecule has 5 heteroatoms. The van der Waals surface area contributed by atoms with E-state index in [1.54, 1.807) is 18.2 Å². The van der Waals surface area contributed by atoms with Crippen molar-refractivity contribution in [1.82, 2.24) is 10.2 Å². The minimum atomic E-state index is -0.221. The van der Waals surface area contributed by atoms with Crippen LogP contribution >= 0.6 is 23.2 Å². The first kappa shape index (κ1) is 13.7. The third kappa shape index (κ3) is 2.48. The van der Waals surface area contributed by atoms with Crippen LogP contribution in [0.1, 0.15) is 24.2 Å². The van der Waals surface area contributed by atoms with E-state index in [0.29, 0.717) is 22.2 Å². The van der Waals surface area contributed by atoms with Crippen molar-refractivity contribution >= 4 is 29.1 Å². The van der Waals surface area contributed by atoms with Gasteiger partial charge < -0.3 is 10.2 Å². The molecule has 1 heterocycles. The second-order valence-corrected chi connectivity index (χ2v) is 5.83. The van der Waals surface area contributed by atoms with Gasteiger partial charge in [0.05, 0.1) is 21.1 Å². The highest BCUT2D eigenvalue weighted by atomic mass is 35.5. The number of nitrogens with one attached hydrogen (secondary N) is 1. The first-order chi connectivity index (χ1) is 8.43. The number of piperazine rings is 1. The number of hydrogen-bond acceptors (Lipinski definition) is 2. The Labute approximate surface area is 117 Å². The van der Waals surface area contributed by atoms with Crippen LogP contribution in [0.4, 0.5) is 0 Å². The van der Waals surface area contributed by atoms with Gasteiger partial charge in [0.2, 0.25) is 0 Å². The number of nitrogens with zero attached hydrogens (tertiary/aromatic N) is 1. The summed E-state index contributed by atoms with van der Waals surface area (Å²) in [6.07, 6.45) is 0. The number of carbonyl (C=O) groups excluding carboxylic acids is 1. The second kappa shape index (κ2) is 5.08. The summed E-state index contributed by atoms with van der Waals surface area (Å²) in [5.41, 5.74) is 0.250. The molecule has 1 amide bonds. The fourth-order valence-corrected chi connectivity index (χ4v) is 2.56. The molecule has 1 saturated heterocycles. The zero-order valence-electron chi connectivity index (χ0n) is 10.5. The molecule has 3 nitrogen and oxygen atoms in total. The van der Waals surface area contributed by atoms with E-state index in [4.69, 9.17) is 23.2 Å². The Balaban J connectivity index is 2.33. The Morgan fingerprint density at radius 3 is 2.78 bits per heavy atom. The largest absolute Gasteiger partial charge is 0.331 e. The van der Waals surface area contributed by atoms with Crippen LogP contribution in [0, 0.1) is 0 Å². The second-order valence-electron chi connectivity index (χ2n) is 5.05. The molecular weight excluding hydrogens is 271 g/mol. The van der Waals surface area contributed by atoms with E-state index < -0.39 is 0 Å². The topological polar surface area (TPSA) is 32.3 Å². The smallest absolute Gasteiger partial charge is 0.255 e. The van der Waals surface area contributed by atoms with Crippen LogP contribution in [0.5, 0.6) is 0 Å². The normalized spacial score (nSPS) is 18.8. The van der Waals surface area contributed by atoms with Crippen LogP contribution in [-0.2, 0) is 0 Å². The Bertz CT molecular complexity index is 474. The molecule has 0 aliphatic carbocycles. The van der Waals surface area contributed by atoms with Gasteiger partial charge in [-0.25, -0.2) is 0 Å². The van der Waals surface area contributed by atoms with Crippen LogP contribution in [0.3, 0.4) is 0 Å². The molecular formula is C13H16Cl2N2O. The predicted molar refractivity (Wildman–Crippen MR) is 74.4 cm³/mol. The number of halogens is 2. The maximum Gasteiger partial charge on any atom is 0.255 e. The SMILES string of the molecule is CC1(C)CNCCN1C(=O)c1cccc(Cl)c1Cl. The molecule has 0 spiro atoms. The van der Waals surface area contributed by atoms with Gasteiger partial charge in [-0.3, -0.25) is 4.79 Å². The Kier molecular flexibility index (Phi) is 3.85. The van der Waals surface area contributed by atoms with Crippen molar-refractivity contribution < 1.29 is 4.79 Å². The van der Waals surface area contributed by atoms with Gasteiger partial charge >= 0.3 is 0 Å². The van der Waals surface area contributed by atoms with Crippen molar-refractivity contribution in [3.63, 3.8) is 0 Å². The lowest BCUT2D eigenvalue weighted by Gasteiger charge is -2.43. The first-order valence-electron chi connectivity index (χ1n) is 5.90. The summed E-state index contributed by atoms with van der Waals surface area (Å²) in [5.74, 6) is -0.0611. The summed E-state index contributed by atoms with van der Waals surface area (Å²) < 4.78 is 0. The Hall–Kier alpha value is -0.770. The summed E-state index contributed by atoms with van der Waals surface area (Å²) in [6.45, 7) is 6.32. The standard InChI is InChI=1S/C13H16Cl2N2O/c1-13(2)8-16-6-7-17(13)12(18)9-4-3-5-10(14)11(9)15/h3-5,16H,6-8H2,1-2H3. The van der Waals surface area contributed by atoms with Crippen molar-refractivity contribution in [2.24, 2.45) is 0 Å². The molecule has 0 bridgehead atoms. The number of benzene rings is 1. The number of amides is 1. The monoisotopic (exact) mass is 286 g/mol. The molecule has 0 unspecified atom stereocenters. The van der Waals surface area contributed by atoms with E-state index in [1.165, 1.54) is 0 Å². The van der Waals surface area contributed by atoms with Gasteiger partial charge in [-0.2, -0.15) is 0 Å². The van der Waals surface area contributed by atoms with E-state index in [1.807, 2.05) is 18.7 Å². The van der Waals surface area contributed by atoms with E-state index in [9.17, 15) is 4.79 Å². The highest BCUT2D eigenvalue weighted by molar-refractivity contribution is 6.43. The summed E-state index contributed by atoms with van der Waals surface area (Å²) in [7, 11) is 0. The molecule has 1 fully saturated rings. The van der Waals surface area contributed by atoms with E-state index >= 15 is 0 Å². The molecule has 1 aliphatic rings. The Morgan fingerprint density at radius 1 is 1.39 bits per heavy atom. The lowest BCUT2D eigenvalue weighted by Crippen LogP contribution is -2.59. The maximum atomic E-state index is 12.5. The van der Waals surface area contributed by atoms with Gasteiger partial charge in [0, 0.05) is 19.6 Å². The number of rotatable bonds is 1. The molecule has 2 rings (SSSR count). The molecule has 1 aliphatic heterocycles. The number of carbonyl (C=O) groups is 1. The van der Waals surface area contributed by atoms with Crippen molar-refractivity contribution in [3.8, 4) is 0 Å². The highest BCUT2D eigenvalue weighted by Crippen LogP contribution is 2.28. The van der Waals surface area contributed by atoms with Crippen molar-refractivity contribution in [2.45, 2.75) is 19.4 Å². The van der Waals surface area contributed by atoms with Gasteiger partial charge in [0.1, 0.15) is 0 Å². The van der Waals surface area contributed by atoms with Gasteiger partial charge in [-0.05, 0) is 26.0 Å². The van der Waals surface area contributed by atoms with Crippen LogP contribution in [0.25, 0.3) is 0 Å². The van der Waals surface area contributed by atoms with Gasteiger partial charge in [-0.15, -0.1) is 0 Å². The molecule has 98 valence electrons. The summed E-state index contributed by atoms with van der Waals surface area (Å²) >= 11 is 12.1. The molecule has 0 atom stereocenters. The average Bonchev–Trinajstić information content (AvgIpc) is 2.31. The average molecular weight is 287 g/mol. The zero-order chi connectivity index (χ0) is 13.3. The molecule has 18 heavy (non-hydrogen) atoms. The molecule has 1 N–H and O–H groups in total. The van der Waals surface area contributed by atoms with Crippen molar-refractivity contribution in [1.29, 1.82) is 0 Å². The van der Waals surface area contributed by atoms with E-state index in [0.717, 1.165) is 13.1 Å². The maximum absolute atomic E-state index is 12.5. The van der Waals surface area contributed by atoms with Crippen LogP contribution in [-0.4, -0.2) is 36.0 Å². The lowest BCUT2D eigenvalue weighted by molar-refractivity contribution is 0.0477. The van der Waals surface area contributed by atoms with Crippen molar-refractivity contribution in [3.05, 3.63) is 33.8 Å². The third-order valence-corrected chi connectivity index (χ3v) is 4.05. The van der Waals surface area contributed by atoms with Crippen LogP contribution < -0.4 is 5.32 Å². The van der Waals surface area contributed by atoms with Gasteiger partial charge in [0.25, 0.3) is 5.91 Å². The molecule has 1 aromatic carbocycles. The lowest BCUT2D eigenvalue weighted by atomic mass is 9.98. The first-order valence-corrected chi connectivity index (χ1v) is 6.66. The van der Waals surface area contributed by atoms with Gasteiger partial charge in [-0.1, -0.05) is 29.3 Å². The van der Waals surface area contributed by atoms with E-state index in [2.05, 4.69) is 5.32 Å². The summed E-state index contributed by atoms with van der Waals surface area (Å²) in [6, 6.07) is 5.15. The quantitative estimate of drug-likeness (QED) is 0.861. The minimum Gasteiger partial charge on any atom is -0.331 e. The highest BCUT2D eigenvalue weighted by Gasteiger charge is 2.34. The summed E-state index contributed by atoms with van der Waals surface area (Å²) in [4.78, 5) is 14.4. The predicted octanol–water partition coefficient (Wildman–Crippen LogP) is 2.82.